The lowest BCUT2D eigenvalue weighted by Gasteiger charge is -2.31. The Hall–Kier alpha value is -1.79. The quantitative estimate of drug-likeness (QED) is 0.788. The maximum atomic E-state index is 13.0. The molecular weight excluding hydrogens is 245 g/mol. The predicted octanol–water partition coefficient (Wildman–Crippen LogP) is 2.74. The molecule has 0 aromatic carbocycles. The van der Waals surface area contributed by atoms with Gasteiger partial charge in [-0.05, 0) is 25.5 Å². The number of pyridine rings is 1. The van der Waals surface area contributed by atoms with E-state index in [1.165, 1.54) is 6.20 Å². The lowest BCUT2D eigenvalue weighted by Crippen LogP contribution is -2.37. The van der Waals surface area contributed by atoms with Crippen molar-refractivity contribution in [3.63, 3.8) is 0 Å². The molecule has 0 saturated carbocycles. The average Bonchev–Trinajstić information content (AvgIpc) is 2.65. The first-order chi connectivity index (χ1) is 8.47. The Labute approximate surface area is 101 Å². The van der Waals surface area contributed by atoms with Gasteiger partial charge in [0.1, 0.15) is 5.82 Å². The molecule has 0 fully saturated rings. The molecule has 0 amide bonds. The van der Waals surface area contributed by atoms with Gasteiger partial charge in [0, 0.05) is 12.2 Å². The molecule has 0 aliphatic carbocycles. The fourth-order valence-electron chi connectivity index (χ4n) is 2.31. The molecule has 7 heteroatoms. The molecule has 2 unspecified atom stereocenters. The van der Waals surface area contributed by atoms with Crippen LogP contribution in [0.15, 0.2) is 18.3 Å². The number of hydrogen-bond acceptors (Lipinski definition) is 3. The summed E-state index contributed by atoms with van der Waals surface area (Å²) in [6.45, 7) is 1.73. The average molecular weight is 256 g/mol. The molecular formula is C11H11F3N4. The Morgan fingerprint density at radius 3 is 2.94 bits per heavy atom. The molecule has 4 nitrogen and oxygen atoms in total. The van der Waals surface area contributed by atoms with E-state index in [0.29, 0.717) is 16.9 Å². The van der Waals surface area contributed by atoms with Crippen LogP contribution >= 0.6 is 0 Å². The van der Waals surface area contributed by atoms with Crippen molar-refractivity contribution in [1.82, 2.24) is 14.8 Å². The van der Waals surface area contributed by atoms with Gasteiger partial charge in [0.25, 0.3) is 0 Å². The van der Waals surface area contributed by atoms with Gasteiger partial charge in [-0.1, -0.05) is 0 Å². The first kappa shape index (κ1) is 11.3. The zero-order valence-corrected chi connectivity index (χ0v) is 9.57. The Kier molecular flexibility index (Phi) is 2.26. The summed E-state index contributed by atoms with van der Waals surface area (Å²) in [5, 5.41) is 7.63. The molecule has 1 aliphatic rings. The van der Waals surface area contributed by atoms with Crippen LogP contribution in [0.1, 0.15) is 19.4 Å². The number of hydrogen-bond donors (Lipinski definition) is 1. The summed E-state index contributed by atoms with van der Waals surface area (Å²) < 4.78 is 40.0. The van der Waals surface area contributed by atoms with Gasteiger partial charge in [-0.15, -0.1) is 5.10 Å². The molecule has 0 bridgehead atoms. The Morgan fingerprint density at radius 1 is 1.44 bits per heavy atom. The van der Waals surface area contributed by atoms with Gasteiger partial charge >= 0.3 is 6.18 Å². The molecule has 1 aliphatic heterocycles. The maximum Gasteiger partial charge on any atom is 0.410 e. The van der Waals surface area contributed by atoms with Gasteiger partial charge in [0.2, 0.25) is 0 Å². The fraction of sp³-hybridized carbons (Fsp3) is 0.455. The van der Waals surface area contributed by atoms with Crippen LogP contribution in [-0.2, 0) is 0 Å². The van der Waals surface area contributed by atoms with Gasteiger partial charge in [-0.25, -0.2) is 9.67 Å². The summed E-state index contributed by atoms with van der Waals surface area (Å²) in [6.07, 6.45) is -2.80. The van der Waals surface area contributed by atoms with E-state index in [-0.39, 0.29) is 12.5 Å². The smallest absolute Gasteiger partial charge is 0.367 e. The largest absolute Gasteiger partial charge is 0.410 e. The summed E-state index contributed by atoms with van der Waals surface area (Å²) in [5.41, 5.74) is 0.336. The van der Waals surface area contributed by atoms with Crippen molar-refractivity contribution in [3.05, 3.63) is 18.3 Å². The lowest BCUT2D eigenvalue weighted by molar-refractivity contribution is -0.173. The van der Waals surface area contributed by atoms with Crippen molar-refractivity contribution in [2.24, 2.45) is 0 Å². The molecule has 3 rings (SSSR count). The highest BCUT2D eigenvalue weighted by Crippen LogP contribution is 2.41. The van der Waals surface area contributed by atoms with E-state index >= 15 is 0 Å². The van der Waals surface area contributed by atoms with Crippen LogP contribution in [-0.4, -0.2) is 27.0 Å². The van der Waals surface area contributed by atoms with E-state index in [0.717, 1.165) is 4.68 Å². The molecule has 0 radical (unpaired) electrons. The summed E-state index contributed by atoms with van der Waals surface area (Å²) >= 11 is 0. The van der Waals surface area contributed by atoms with Crippen molar-refractivity contribution in [1.29, 1.82) is 0 Å². The summed E-state index contributed by atoms with van der Waals surface area (Å²) in [5.74, 6) is 0.402. The molecule has 2 atom stereocenters. The van der Waals surface area contributed by atoms with Gasteiger partial charge in [-0.2, -0.15) is 13.2 Å². The van der Waals surface area contributed by atoms with Crippen molar-refractivity contribution < 1.29 is 13.2 Å². The number of aromatic nitrogens is 3. The van der Waals surface area contributed by atoms with E-state index in [1.807, 2.05) is 0 Å². The van der Waals surface area contributed by atoms with Crippen molar-refractivity contribution in [2.75, 3.05) is 5.32 Å². The van der Waals surface area contributed by atoms with Crippen LogP contribution in [0, 0.1) is 0 Å². The van der Waals surface area contributed by atoms with E-state index in [1.54, 1.807) is 19.1 Å². The molecule has 2 aromatic heterocycles. The molecule has 96 valence electrons. The van der Waals surface area contributed by atoms with E-state index in [9.17, 15) is 13.2 Å². The summed E-state index contributed by atoms with van der Waals surface area (Å²) in [4.78, 5) is 3.99. The summed E-state index contributed by atoms with van der Waals surface area (Å²) in [7, 11) is 0. The molecule has 2 aromatic rings. The monoisotopic (exact) mass is 256 g/mol. The van der Waals surface area contributed by atoms with Crippen molar-refractivity contribution in [3.8, 4) is 0 Å². The van der Waals surface area contributed by atoms with Gasteiger partial charge in [-0.3, -0.25) is 0 Å². The highest BCUT2D eigenvalue weighted by atomic mass is 19.4. The third kappa shape index (κ3) is 1.61. The SMILES string of the molecule is CC1CC(C(F)(F)F)n2nc3ncccc3c2N1. The van der Waals surface area contributed by atoms with Crippen LogP contribution in [0.3, 0.4) is 0 Å². The minimum absolute atomic E-state index is 0.0233. The number of halogens is 3. The second-order valence-electron chi connectivity index (χ2n) is 4.51. The topological polar surface area (TPSA) is 42.7 Å². The van der Waals surface area contributed by atoms with Crippen LogP contribution in [0.5, 0.6) is 0 Å². The van der Waals surface area contributed by atoms with Crippen molar-refractivity contribution in [2.45, 2.75) is 31.6 Å². The molecule has 0 spiro atoms. The molecule has 0 saturated heterocycles. The third-order valence-corrected chi connectivity index (χ3v) is 3.11. The molecule has 18 heavy (non-hydrogen) atoms. The number of alkyl halides is 3. The maximum absolute atomic E-state index is 13.0. The summed E-state index contributed by atoms with van der Waals surface area (Å²) in [6, 6.07) is 1.58. The van der Waals surface area contributed by atoms with Crippen LogP contribution in [0.4, 0.5) is 19.0 Å². The predicted molar refractivity (Wildman–Crippen MR) is 60.3 cm³/mol. The molecule has 3 heterocycles. The van der Waals surface area contributed by atoms with Crippen LogP contribution in [0.25, 0.3) is 11.0 Å². The highest BCUT2D eigenvalue weighted by Gasteiger charge is 2.45. The number of nitrogens with one attached hydrogen (secondary N) is 1. The van der Waals surface area contributed by atoms with Crippen LogP contribution < -0.4 is 5.32 Å². The van der Waals surface area contributed by atoms with Gasteiger partial charge in [0.15, 0.2) is 11.7 Å². The number of anilines is 1. The third-order valence-electron chi connectivity index (χ3n) is 3.11. The fourth-order valence-corrected chi connectivity index (χ4v) is 2.31. The zero-order valence-electron chi connectivity index (χ0n) is 9.57. The second kappa shape index (κ2) is 3.60. The van der Waals surface area contributed by atoms with E-state index < -0.39 is 12.2 Å². The lowest BCUT2D eigenvalue weighted by atomic mass is 10.1. The Bertz CT molecular complexity index is 589. The van der Waals surface area contributed by atoms with E-state index in [2.05, 4.69) is 15.4 Å². The highest BCUT2D eigenvalue weighted by molar-refractivity contribution is 5.87. The first-order valence-electron chi connectivity index (χ1n) is 5.63. The van der Waals surface area contributed by atoms with Crippen LogP contribution in [0.2, 0.25) is 0 Å². The Balaban J connectivity index is 2.22. The second-order valence-corrected chi connectivity index (χ2v) is 4.51. The minimum Gasteiger partial charge on any atom is -0.367 e. The first-order valence-corrected chi connectivity index (χ1v) is 5.63. The molecule has 1 N–H and O–H groups in total. The van der Waals surface area contributed by atoms with Crippen molar-refractivity contribution >= 4 is 16.9 Å². The number of rotatable bonds is 0. The normalized spacial score (nSPS) is 23.8. The minimum atomic E-state index is -4.30. The van der Waals surface area contributed by atoms with E-state index in [4.69, 9.17) is 0 Å². The van der Waals surface area contributed by atoms with Gasteiger partial charge in [0.05, 0.1) is 5.39 Å². The van der Waals surface area contributed by atoms with Gasteiger partial charge < -0.3 is 5.32 Å². The zero-order chi connectivity index (χ0) is 12.9. The Morgan fingerprint density at radius 2 is 2.22 bits per heavy atom. The number of nitrogens with zero attached hydrogens (tertiary/aromatic N) is 3. The standard InChI is InChI=1S/C11H11F3N4/c1-6-5-8(11(12,13)14)18-10(16-6)7-3-2-4-15-9(7)17-18/h2-4,6,8,16H,5H2,1H3. The number of fused-ring (bicyclic) bond motifs is 3.